The van der Waals surface area contributed by atoms with Gasteiger partial charge in [0.25, 0.3) is 5.91 Å². The zero-order valence-electron chi connectivity index (χ0n) is 18.7. The molecule has 2 amide bonds. The average Bonchev–Trinajstić information content (AvgIpc) is 2.81. The number of fused-ring (bicyclic) bond motifs is 1. The van der Waals surface area contributed by atoms with Crippen LogP contribution in [0, 0.1) is 5.82 Å². The number of carbonyl (C=O) groups excluding carboxylic acids is 2. The van der Waals surface area contributed by atoms with Gasteiger partial charge in [-0.25, -0.2) is 4.39 Å². The number of nitrogens with one attached hydrogen (secondary N) is 1. The first-order valence-corrected chi connectivity index (χ1v) is 10.8. The Morgan fingerprint density at radius 3 is 2.41 bits per heavy atom. The summed E-state index contributed by atoms with van der Waals surface area (Å²) in [6, 6.07) is 18.6. The summed E-state index contributed by atoms with van der Waals surface area (Å²) in [5.74, 6) is -0.308. The van der Waals surface area contributed by atoms with Crippen LogP contribution in [0.4, 0.5) is 4.39 Å². The minimum absolute atomic E-state index is 0.000318. The lowest BCUT2D eigenvalue weighted by molar-refractivity contribution is -0.142. The molecule has 0 aliphatic rings. The maximum absolute atomic E-state index is 13.3. The number of nitrogens with zero attached hydrogens (tertiary/aromatic N) is 1. The van der Waals surface area contributed by atoms with Crippen LogP contribution in [0.3, 0.4) is 0 Å². The fraction of sp³-hybridized carbons (Fsp3) is 0.308. The number of amides is 2. The molecule has 0 heterocycles. The van der Waals surface area contributed by atoms with Gasteiger partial charge < -0.3 is 15.0 Å². The van der Waals surface area contributed by atoms with Crippen LogP contribution in [0.5, 0.6) is 5.75 Å². The number of rotatable bonds is 9. The van der Waals surface area contributed by atoms with Gasteiger partial charge in [-0.3, -0.25) is 9.59 Å². The largest absolute Gasteiger partial charge is 0.483 e. The topological polar surface area (TPSA) is 58.6 Å². The number of halogens is 1. The van der Waals surface area contributed by atoms with Crippen molar-refractivity contribution in [1.82, 2.24) is 10.2 Å². The molecule has 0 bridgehead atoms. The second kappa shape index (κ2) is 10.8. The van der Waals surface area contributed by atoms with E-state index >= 15 is 0 Å². The first kappa shape index (κ1) is 23.3. The van der Waals surface area contributed by atoms with Crippen molar-refractivity contribution in [3.8, 4) is 5.75 Å². The van der Waals surface area contributed by atoms with E-state index in [1.54, 1.807) is 19.1 Å². The van der Waals surface area contributed by atoms with Crippen molar-refractivity contribution in [3.05, 3.63) is 78.1 Å². The standard InChI is InChI=1S/C26H29FN2O3/c1-4-18(2)28-26(31)19(3)29(16-20-12-14-22(27)15-13-20)25(30)17-32-24-11-7-9-21-8-5-6-10-23(21)24/h5-15,18-19H,4,16-17H2,1-3H3,(H,28,31). The van der Waals surface area contributed by atoms with Gasteiger partial charge in [-0.05, 0) is 49.4 Å². The molecule has 0 radical (unpaired) electrons. The molecule has 2 atom stereocenters. The van der Waals surface area contributed by atoms with E-state index in [2.05, 4.69) is 5.32 Å². The van der Waals surface area contributed by atoms with Gasteiger partial charge in [0.05, 0.1) is 0 Å². The van der Waals surface area contributed by atoms with Crippen LogP contribution in [0.15, 0.2) is 66.7 Å². The Labute approximate surface area is 188 Å². The normalized spacial score (nSPS) is 12.8. The molecule has 0 spiro atoms. The lowest BCUT2D eigenvalue weighted by Gasteiger charge is -2.29. The van der Waals surface area contributed by atoms with Gasteiger partial charge >= 0.3 is 0 Å². The van der Waals surface area contributed by atoms with E-state index < -0.39 is 6.04 Å². The predicted molar refractivity (Wildman–Crippen MR) is 124 cm³/mol. The van der Waals surface area contributed by atoms with Gasteiger partial charge in [0.1, 0.15) is 17.6 Å². The van der Waals surface area contributed by atoms with E-state index in [9.17, 15) is 14.0 Å². The van der Waals surface area contributed by atoms with Crippen molar-refractivity contribution in [1.29, 1.82) is 0 Å². The van der Waals surface area contributed by atoms with Crippen molar-refractivity contribution >= 4 is 22.6 Å². The first-order valence-electron chi connectivity index (χ1n) is 10.8. The van der Waals surface area contributed by atoms with E-state index in [1.165, 1.54) is 17.0 Å². The highest BCUT2D eigenvalue weighted by Gasteiger charge is 2.27. The molecule has 0 aromatic heterocycles. The zero-order chi connectivity index (χ0) is 23.1. The van der Waals surface area contributed by atoms with Gasteiger partial charge in [0, 0.05) is 18.0 Å². The van der Waals surface area contributed by atoms with Gasteiger partial charge in [0.15, 0.2) is 6.61 Å². The van der Waals surface area contributed by atoms with Crippen molar-refractivity contribution in [2.45, 2.75) is 45.8 Å². The molecule has 1 N–H and O–H groups in total. The summed E-state index contributed by atoms with van der Waals surface area (Å²) >= 11 is 0. The van der Waals surface area contributed by atoms with Crippen molar-refractivity contribution < 1.29 is 18.7 Å². The molecule has 3 aromatic rings. The lowest BCUT2D eigenvalue weighted by atomic mass is 10.1. The van der Waals surface area contributed by atoms with E-state index in [-0.39, 0.29) is 36.8 Å². The monoisotopic (exact) mass is 436 g/mol. The van der Waals surface area contributed by atoms with Crippen LogP contribution in [-0.4, -0.2) is 35.4 Å². The SMILES string of the molecule is CCC(C)NC(=O)C(C)N(Cc1ccc(F)cc1)C(=O)COc1cccc2ccccc12. The van der Waals surface area contributed by atoms with Gasteiger partial charge in [-0.1, -0.05) is 55.5 Å². The van der Waals surface area contributed by atoms with E-state index in [0.717, 1.165) is 22.8 Å². The van der Waals surface area contributed by atoms with Crippen LogP contribution in [0.1, 0.15) is 32.8 Å². The van der Waals surface area contributed by atoms with Crippen LogP contribution < -0.4 is 10.1 Å². The maximum atomic E-state index is 13.3. The van der Waals surface area contributed by atoms with E-state index in [1.807, 2.05) is 56.3 Å². The minimum atomic E-state index is -0.710. The van der Waals surface area contributed by atoms with Crippen molar-refractivity contribution in [2.75, 3.05) is 6.61 Å². The molecule has 0 saturated heterocycles. The maximum Gasteiger partial charge on any atom is 0.261 e. The molecule has 168 valence electrons. The Kier molecular flexibility index (Phi) is 7.82. The van der Waals surface area contributed by atoms with Gasteiger partial charge in [-0.2, -0.15) is 0 Å². The second-order valence-electron chi connectivity index (χ2n) is 7.91. The summed E-state index contributed by atoms with van der Waals surface area (Å²) in [5.41, 5.74) is 0.730. The Morgan fingerprint density at radius 1 is 1.00 bits per heavy atom. The van der Waals surface area contributed by atoms with Gasteiger partial charge in [0.2, 0.25) is 5.91 Å². The summed E-state index contributed by atoms with van der Waals surface area (Å²) in [5, 5.41) is 4.85. The number of ether oxygens (including phenoxy) is 1. The molecule has 0 aliphatic heterocycles. The van der Waals surface area contributed by atoms with E-state index in [0.29, 0.717) is 5.75 Å². The number of carbonyl (C=O) groups is 2. The van der Waals surface area contributed by atoms with Crippen LogP contribution in [0.2, 0.25) is 0 Å². The zero-order valence-corrected chi connectivity index (χ0v) is 18.7. The molecule has 0 fully saturated rings. The quantitative estimate of drug-likeness (QED) is 0.529. The van der Waals surface area contributed by atoms with Gasteiger partial charge in [-0.15, -0.1) is 0 Å². The Bertz CT molecular complexity index is 1060. The predicted octanol–water partition coefficient (Wildman–Crippen LogP) is 4.69. The molecule has 5 nitrogen and oxygen atoms in total. The van der Waals surface area contributed by atoms with Crippen LogP contribution >= 0.6 is 0 Å². The molecule has 3 aromatic carbocycles. The molecule has 2 unspecified atom stereocenters. The Hall–Kier alpha value is -3.41. The van der Waals surface area contributed by atoms with E-state index in [4.69, 9.17) is 4.74 Å². The highest BCUT2D eigenvalue weighted by atomic mass is 19.1. The highest BCUT2D eigenvalue weighted by molar-refractivity contribution is 5.90. The fourth-order valence-electron chi connectivity index (χ4n) is 3.38. The number of benzene rings is 3. The molecular weight excluding hydrogens is 407 g/mol. The summed E-state index contributed by atoms with van der Waals surface area (Å²) < 4.78 is 19.2. The van der Waals surface area contributed by atoms with Crippen molar-refractivity contribution in [3.63, 3.8) is 0 Å². The average molecular weight is 437 g/mol. The highest BCUT2D eigenvalue weighted by Crippen LogP contribution is 2.25. The fourth-order valence-corrected chi connectivity index (χ4v) is 3.38. The summed E-state index contributed by atoms with van der Waals surface area (Å²) in [4.78, 5) is 27.4. The second-order valence-corrected chi connectivity index (χ2v) is 7.91. The third-order valence-corrected chi connectivity index (χ3v) is 5.54. The van der Waals surface area contributed by atoms with Crippen LogP contribution in [0.25, 0.3) is 10.8 Å². The third-order valence-electron chi connectivity index (χ3n) is 5.54. The summed E-state index contributed by atoms with van der Waals surface area (Å²) in [6.07, 6.45) is 0.786. The number of hydrogen-bond acceptors (Lipinski definition) is 3. The minimum Gasteiger partial charge on any atom is -0.483 e. The third kappa shape index (κ3) is 5.84. The van der Waals surface area contributed by atoms with Crippen LogP contribution in [-0.2, 0) is 16.1 Å². The molecule has 3 rings (SSSR count). The molecule has 0 aliphatic carbocycles. The number of hydrogen-bond donors (Lipinski definition) is 1. The molecule has 0 saturated carbocycles. The Balaban J connectivity index is 1.78. The summed E-state index contributed by atoms with van der Waals surface area (Å²) in [7, 11) is 0. The lowest BCUT2D eigenvalue weighted by Crippen LogP contribution is -2.50. The molecule has 32 heavy (non-hydrogen) atoms. The first-order chi connectivity index (χ1) is 15.4. The molecular formula is C26H29FN2O3. The Morgan fingerprint density at radius 2 is 1.69 bits per heavy atom. The summed E-state index contributed by atoms with van der Waals surface area (Å²) in [6.45, 7) is 5.55. The van der Waals surface area contributed by atoms with Crippen molar-refractivity contribution in [2.24, 2.45) is 0 Å². The smallest absolute Gasteiger partial charge is 0.261 e. The molecule has 6 heteroatoms.